The van der Waals surface area contributed by atoms with Crippen molar-refractivity contribution in [1.82, 2.24) is 10.2 Å². The summed E-state index contributed by atoms with van der Waals surface area (Å²) in [5.74, 6) is 0.358. The maximum Gasteiger partial charge on any atom is 0.264 e. The van der Waals surface area contributed by atoms with Crippen LogP contribution in [0.1, 0.15) is 39.7 Å². The predicted molar refractivity (Wildman–Crippen MR) is 164 cm³/mol. The molecule has 9 nitrogen and oxygen atoms in total. The van der Waals surface area contributed by atoms with Crippen LogP contribution in [0.4, 0.5) is 5.69 Å². The second kappa shape index (κ2) is 14.9. The Balaban J connectivity index is 2.06. The van der Waals surface area contributed by atoms with E-state index in [1.54, 1.807) is 55.6 Å². The number of nitrogens with one attached hydrogen (secondary N) is 1. The van der Waals surface area contributed by atoms with Gasteiger partial charge in [0, 0.05) is 17.6 Å². The molecule has 3 rings (SSSR count). The lowest BCUT2D eigenvalue weighted by Gasteiger charge is -2.33. The van der Waals surface area contributed by atoms with Gasteiger partial charge in [0.1, 0.15) is 24.1 Å². The van der Waals surface area contributed by atoms with Gasteiger partial charge in [0.15, 0.2) is 0 Å². The van der Waals surface area contributed by atoms with Crippen molar-refractivity contribution in [3.8, 4) is 11.5 Å². The first-order valence-electron chi connectivity index (χ1n) is 13.7. The number of hydrogen-bond donors (Lipinski definition) is 1. The van der Waals surface area contributed by atoms with Gasteiger partial charge >= 0.3 is 0 Å². The molecule has 1 atom stereocenters. The summed E-state index contributed by atoms with van der Waals surface area (Å²) in [6.45, 7) is 7.33. The van der Waals surface area contributed by atoms with E-state index >= 15 is 0 Å². The van der Waals surface area contributed by atoms with Crippen molar-refractivity contribution in [3.63, 3.8) is 0 Å². The lowest BCUT2D eigenvalue weighted by atomic mass is 10.1. The number of anilines is 1. The zero-order valence-electron chi connectivity index (χ0n) is 24.5. The van der Waals surface area contributed by atoms with E-state index in [9.17, 15) is 18.0 Å². The molecule has 42 heavy (non-hydrogen) atoms. The molecule has 0 fully saturated rings. The maximum absolute atomic E-state index is 14.1. The molecule has 0 saturated heterocycles. The second-order valence-corrected chi connectivity index (χ2v) is 12.1. The molecule has 0 unspecified atom stereocenters. The Morgan fingerprint density at radius 2 is 1.50 bits per heavy atom. The fourth-order valence-electron chi connectivity index (χ4n) is 4.37. The van der Waals surface area contributed by atoms with Crippen molar-refractivity contribution < 1.29 is 27.5 Å². The number of halogens is 1. The molecule has 226 valence electrons. The number of sulfonamides is 1. The quantitative estimate of drug-likeness (QED) is 0.265. The van der Waals surface area contributed by atoms with Crippen LogP contribution in [-0.2, 0) is 26.2 Å². The minimum absolute atomic E-state index is 0.0279. The van der Waals surface area contributed by atoms with Gasteiger partial charge in [-0.25, -0.2) is 8.42 Å². The van der Waals surface area contributed by atoms with Crippen molar-refractivity contribution >= 4 is 39.1 Å². The van der Waals surface area contributed by atoms with E-state index in [2.05, 4.69) is 5.32 Å². The fraction of sp³-hybridized carbons (Fsp3) is 0.355. The molecule has 3 aromatic rings. The highest BCUT2D eigenvalue weighted by Crippen LogP contribution is 2.28. The summed E-state index contributed by atoms with van der Waals surface area (Å²) in [5.41, 5.74) is 1.03. The topological polar surface area (TPSA) is 105 Å². The minimum Gasteiger partial charge on any atom is -0.497 e. The second-order valence-electron chi connectivity index (χ2n) is 9.85. The van der Waals surface area contributed by atoms with E-state index in [1.165, 1.54) is 29.2 Å². The van der Waals surface area contributed by atoms with Gasteiger partial charge in [0.25, 0.3) is 10.0 Å². The van der Waals surface area contributed by atoms with Gasteiger partial charge in [-0.05, 0) is 93.4 Å². The van der Waals surface area contributed by atoms with E-state index in [0.717, 1.165) is 9.87 Å². The molecule has 0 radical (unpaired) electrons. The third kappa shape index (κ3) is 8.39. The third-order valence-corrected chi connectivity index (χ3v) is 8.49. The molecule has 0 spiro atoms. The molecule has 11 heteroatoms. The fourth-order valence-corrected chi connectivity index (χ4v) is 5.91. The first-order valence-corrected chi connectivity index (χ1v) is 15.6. The molecule has 1 N–H and O–H groups in total. The summed E-state index contributed by atoms with van der Waals surface area (Å²) in [6.07, 6.45) is 0.327. The number of rotatable bonds is 14. The van der Waals surface area contributed by atoms with Crippen LogP contribution in [0.25, 0.3) is 0 Å². The number of carbonyl (C=O) groups excluding carboxylic acids is 2. The van der Waals surface area contributed by atoms with Crippen molar-refractivity contribution in [2.75, 3.05) is 24.6 Å². The van der Waals surface area contributed by atoms with E-state index in [1.807, 2.05) is 27.7 Å². The molecule has 0 saturated carbocycles. The van der Waals surface area contributed by atoms with Gasteiger partial charge in [-0.3, -0.25) is 13.9 Å². The summed E-state index contributed by atoms with van der Waals surface area (Å²) < 4.78 is 39.7. The normalized spacial score (nSPS) is 12.0. The molecule has 2 amide bonds. The van der Waals surface area contributed by atoms with Gasteiger partial charge in [0.2, 0.25) is 11.8 Å². The standard InChI is InChI=1S/C31H38ClN3O6S/c1-6-29(31(37)33-22(3)4)34(20-23-8-14-26(40-5)15-9-23)30(36)21-35(25-12-16-27(17-13-25)41-7-2)42(38,39)28-18-10-24(32)11-19-28/h8-19,22,29H,6-7,20-21H2,1-5H3,(H,33,37)/t29-/m1/s1. The van der Waals surface area contributed by atoms with Crippen molar-refractivity contribution in [2.45, 2.75) is 57.6 Å². The van der Waals surface area contributed by atoms with Crippen molar-refractivity contribution in [3.05, 3.63) is 83.4 Å². The van der Waals surface area contributed by atoms with Crippen LogP contribution >= 0.6 is 11.6 Å². The SMILES string of the molecule is CCOc1ccc(N(CC(=O)N(Cc2ccc(OC)cc2)[C@H](CC)C(=O)NC(C)C)S(=O)(=O)c2ccc(Cl)cc2)cc1. The summed E-state index contributed by atoms with van der Waals surface area (Å²) >= 11 is 6.01. The first kappa shape index (κ1) is 32.8. The smallest absolute Gasteiger partial charge is 0.264 e. The minimum atomic E-state index is -4.21. The molecule has 0 aromatic heterocycles. The summed E-state index contributed by atoms with van der Waals surface area (Å²) in [6, 6.07) is 18.4. The van der Waals surface area contributed by atoms with Gasteiger partial charge in [0.05, 0.1) is 24.3 Å². The zero-order valence-corrected chi connectivity index (χ0v) is 26.1. The lowest BCUT2D eigenvalue weighted by molar-refractivity contribution is -0.140. The van der Waals surface area contributed by atoms with Gasteiger partial charge in [-0.1, -0.05) is 30.7 Å². The molecular formula is C31H38ClN3O6S. The number of carbonyl (C=O) groups is 2. The molecule has 0 aliphatic carbocycles. The zero-order chi connectivity index (χ0) is 30.9. The van der Waals surface area contributed by atoms with Crippen LogP contribution in [0.5, 0.6) is 11.5 Å². The Morgan fingerprint density at radius 1 is 0.905 bits per heavy atom. The van der Waals surface area contributed by atoms with Crippen LogP contribution in [0.3, 0.4) is 0 Å². The van der Waals surface area contributed by atoms with Gasteiger partial charge in [-0.2, -0.15) is 0 Å². The van der Waals surface area contributed by atoms with Crippen LogP contribution in [-0.4, -0.2) is 57.5 Å². The highest BCUT2D eigenvalue weighted by Gasteiger charge is 2.34. The van der Waals surface area contributed by atoms with E-state index in [4.69, 9.17) is 21.1 Å². The first-order chi connectivity index (χ1) is 20.0. The summed E-state index contributed by atoms with van der Waals surface area (Å²) in [4.78, 5) is 28.8. The Hall–Kier alpha value is -3.76. The highest BCUT2D eigenvalue weighted by molar-refractivity contribution is 7.92. The summed E-state index contributed by atoms with van der Waals surface area (Å²) in [5, 5.41) is 3.27. The largest absolute Gasteiger partial charge is 0.497 e. The van der Waals surface area contributed by atoms with Gasteiger partial charge in [-0.15, -0.1) is 0 Å². The molecule has 0 aliphatic rings. The Morgan fingerprint density at radius 3 is 2.02 bits per heavy atom. The molecular weight excluding hydrogens is 578 g/mol. The monoisotopic (exact) mass is 615 g/mol. The Bertz CT molecular complexity index is 1430. The predicted octanol–water partition coefficient (Wildman–Crippen LogP) is 5.27. The average molecular weight is 616 g/mol. The van der Waals surface area contributed by atoms with E-state index in [0.29, 0.717) is 29.5 Å². The number of methoxy groups -OCH3 is 1. The number of nitrogens with zero attached hydrogens (tertiary/aromatic N) is 2. The molecule has 0 bridgehead atoms. The average Bonchev–Trinajstić information content (AvgIpc) is 2.96. The third-order valence-electron chi connectivity index (χ3n) is 6.45. The van der Waals surface area contributed by atoms with E-state index < -0.39 is 28.5 Å². The van der Waals surface area contributed by atoms with Crippen LogP contribution in [0, 0.1) is 0 Å². The van der Waals surface area contributed by atoms with Gasteiger partial charge < -0.3 is 19.7 Å². The number of ether oxygens (including phenoxy) is 2. The lowest BCUT2D eigenvalue weighted by Crippen LogP contribution is -2.53. The molecule has 0 aliphatic heterocycles. The van der Waals surface area contributed by atoms with Crippen molar-refractivity contribution in [1.29, 1.82) is 0 Å². The maximum atomic E-state index is 14.1. The van der Waals surface area contributed by atoms with Crippen LogP contribution in [0.15, 0.2) is 77.7 Å². The number of amides is 2. The summed E-state index contributed by atoms with van der Waals surface area (Å²) in [7, 11) is -2.65. The van der Waals surface area contributed by atoms with E-state index in [-0.39, 0.29) is 29.1 Å². The highest BCUT2D eigenvalue weighted by atomic mass is 35.5. The van der Waals surface area contributed by atoms with Crippen LogP contribution < -0.4 is 19.1 Å². The van der Waals surface area contributed by atoms with Crippen LogP contribution in [0.2, 0.25) is 5.02 Å². The number of benzene rings is 3. The number of hydrogen-bond acceptors (Lipinski definition) is 6. The molecule has 0 heterocycles. The van der Waals surface area contributed by atoms with Crippen molar-refractivity contribution in [2.24, 2.45) is 0 Å². The Labute approximate surface area is 253 Å². The molecule has 3 aromatic carbocycles. The Kier molecular flexibility index (Phi) is 11.6.